The minimum absolute atomic E-state index is 0.0276. The quantitative estimate of drug-likeness (QED) is 0.451. The van der Waals surface area contributed by atoms with Crippen molar-refractivity contribution in [1.82, 2.24) is 0 Å². The lowest BCUT2D eigenvalue weighted by Gasteiger charge is -2.10. The summed E-state index contributed by atoms with van der Waals surface area (Å²) in [4.78, 5) is 0. The minimum Gasteiger partial charge on any atom is -0.394 e. The van der Waals surface area contributed by atoms with Crippen LogP contribution in [0.3, 0.4) is 0 Å². The van der Waals surface area contributed by atoms with E-state index in [1.54, 1.807) is 7.11 Å². The van der Waals surface area contributed by atoms with E-state index in [9.17, 15) is 0 Å². The highest BCUT2D eigenvalue weighted by atomic mass is 16.5. The molecule has 1 atom stereocenters. The SMILES string of the molecule is C=CCCCCC(CO)OC. The monoisotopic (exact) mass is 158 g/mol. The zero-order chi connectivity index (χ0) is 8.53. The first-order valence-electron chi connectivity index (χ1n) is 4.09. The number of hydrogen-bond acceptors (Lipinski definition) is 2. The van der Waals surface area contributed by atoms with Gasteiger partial charge in [0.1, 0.15) is 0 Å². The normalized spacial score (nSPS) is 12.9. The molecule has 2 heteroatoms. The van der Waals surface area contributed by atoms with Crippen molar-refractivity contribution in [3.05, 3.63) is 12.7 Å². The highest BCUT2D eigenvalue weighted by Gasteiger charge is 2.03. The van der Waals surface area contributed by atoms with Crippen molar-refractivity contribution in [3.63, 3.8) is 0 Å². The lowest BCUT2D eigenvalue weighted by atomic mass is 10.1. The van der Waals surface area contributed by atoms with Gasteiger partial charge in [0.15, 0.2) is 0 Å². The zero-order valence-electron chi connectivity index (χ0n) is 7.25. The maximum Gasteiger partial charge on any atom is 0.0802 e. The van der Waals surface area contributed by atoms with E-state index < -0.39 is 0 Å². The van der Waals surface area contributed by atoms with Crippen molar-refractivity contribution in [2.75, 3.05) is 13.7 Å². The molecule has 0 aliphatic rings. The summed E-state index contributed by atoms with van der Waals surface area (Å²) in [6.07, 6.45) is 6.19. The van der Waals surface area contributed by atoms with Crippen molar-refractivity contribution in [1.29, 1.82) is 0 Å². The molecule has 2 nitrogen and oxygen atoms in total. The molecule has 1 N–H and O–H groups in total. The molecule has 0 saturated carbocycles. The summed E-state index contributed by atoms with van der Waals surface area (Å²) < 4.78 is 5.00. The first-order valence-corrected chi connectivity index (χ1v) is 4.09. The highest BCUT2D eigenvalue weighted by molar-refractivity contribution is 4.66. The second-order valence-electron chi connectivity index (χ2n) is 2.61. The topological polar surface area (TPSA) is 29.5 Å². The Morgan fingerprint density at radius 1 is 1.55 bits per heavy atom. The molecule has 0 aromatic carbocycles. The average Bonchev–Trinajstić information content (AvgIpc) is 2.05. The van der Waals surface area contributed by atoms with Crippen molar-refractivity contribution >= 4 is 0 Å². The third-order valence-electron chi connectivity index (χ3n) is 1.72. The number of methoxy groups -OCH3 is 1. The Morgan fingerprint density at radius 2 is 2.27 bits per heavy atom. The van der Waals surface area contributed by atoms with E-state index in [-0.39, 0.29) is 12.7 Å². The molecule has 0 bridgehead atoms. The summed E-state index contributed by atoms with van der Waals surface area (Å²) >= 11 is 0. The third kappa shape index (κ3) is 6.07. The van der Waals surface area contributed by atoms with E-state index in [0.29, 0.717) is 0 Å². The molecule has 0 spiro atoms. The van der Waals surface area contributed by atoms with E-state index >= 15 is 0 Å². The van der Waals surface area contributed by atoms with Gasteiger partial charge in [-0.15, -0.1) is 6.58 Å². The molecular weight excluding hydrogens is 140 g/mol. The van der Waals surface area contributed by atoms with Crippen LogP contribution in [0.25, 0.3) is 0 Å². The summed E-state index contributed by atoms with van der Waals surface area (Å²) in [5.74, 6) is 0. The van der Waals surface area contributed by atoms with Crippen molar-refractivity contribution < 1.29 is 9.84 Å². The second-order valence-corrected chi connectivity index (χ2v) is 2.61. The lowest BCUT2D eigenvalue weighted by Crippen LogP contribution is -2.14. The van der Waals surface area contributed by atoms with Crippen molar-refractivity contribution in [2.45, 2.75) is 31.8 Å². The fraction of sp³-hybridized carbons (Fsp3) is 0.778. The summed E-state index contributed by atoms with van der Waals surface area (Å²) in [5, 5.41) is 8.74. The van der Waals surface area contributed by atoms with Gasteiger partial charge in [-0.25, -0.2) is 0 Å². The number of hydrogen-bond donors (Lipinski definition) is 1. The number of ether oxygens (including phenoxy) is 1. The van der Waals surface area contributed by atoms with Crippen LogP contribution in [-0.4, -0.2) is 24.9 Å². The molecule has 0 radical (unpaired) electrons. The van der Waals surface area contributed by atoms with Crippen LogP contribution in [0, 0.1) is 0 Å². The Balaban J connectivity index is 3.13. The van der Waals surface area contributed by atoms with Crippen LogP contribution >= 0.6 is 0 Å². The Morgan fingerprint density at radius 3 is 2.73 bits per heavy atom. The molecule has 0 rings (SSSR count). The average molecular weight is 158 g/mol. The Labute approximate surface area is 68.9 Å². The molecule has 0 aromatic rings. The van der Waals surface area contributed by atoms with Gasteiger partial charge in [0.25, 0.3) is 0 Å². The first kappa shape index (κ1) is 10.7. The van der Waals surface area contributed by atoms with E-state index in [4.69, 9.17) is 9.84 Å². The summed E-state index contributed by atoms with van der Waals surface area (Å²) in [6, 6.07) is 0. The molecule has 66 valence electrons. The van der Waals surface area contributed by atoms with Crippen LogP contribution in [0.1, 0.15) is 25.7 Å². The molecule has 0 aromatic heterocycles. The summed E-state index contributed by atoms with van der Waals surface area (Å²) in [6.45, 7) is 3.77. The lowest BCUT2D eigenvalue weighted by molar-refractivity contribution is 0.0416. The second kappa shape index (κ2) is 7.76. The predicted molar refractivity (Wildman–Crippen MR) is 46.5 cm³/mol. The fourth-order valence-electron chi connectivity index (χ4n) is 0.944. The largest absolute Gasteiger partial charge is 0.394 e. The number of allylic oxidation sites excluding steroid dienone is 1. The molecule has 0 amide bonds. The van der Waals surface area contributed by atoms with Crippen LogP contribution in [0.15, 0.2) is 12.7 Å². The maximum atomic E-state index is 8.74. The maximum absolute atomic E-state index is 8.74. The van der Waals surface area contributed by atoms with E-state index in [1.165, 1.54) is 0 Å². The first-order chi connectivity index (χ1) is 5.35. The van der Waals surface area contributed by atoms with Gasteiger partial charge in [0.05, 0.1) is 12.7 Å². The standard InChI is InChI=1S/C9H18O2/c1-3-4-5-6-7-9(8-10)11-2/h3,9-10H,1,4-8H2,2H3. The van der Waals surface area contributed by atoms with Gasteiger partial charge < -0.3 is 9.84 Å². The van der Waals surface area contributed by atoms with E-state index in [1.807, 2.05) is 6.08 Å². The van der Waals surface area contributed by atoms with Crippen LogP contribution in [0.2, 0.25) is 0 Å². The number of rotatable bonds is 7. The molecule has 0 saturated heterocycles. The smallest absolute Gasteiger partial charge is 0.0802 e. The van der Waals surface area contributed by atoms with E-state index in [0.717, 1.165) is 25.7 Å². The number of aliphatic hydroxyl groups excluding tert-OH is 1. The Hall–Kier alpha value is -0.340. The van der Waals surface area contributed by atoms with Crippen LogP contribution in [0.5, 0.6) is 0 Å². The number of aliphatic hydroxyl groups is 1. The van der Waals surface area contributed by atoms with Gasteiger partial charge in [-0.1, -0.05) is 12.5 Å². The van der Waals surface area contributed by atoms with Gasteiger partial charge in [-0.3, -0.25) is 0 Å². The minimum atomic E-state index is 0.0276. The molecule has 0 aliphatic heterocycles. The number of unbranched alkanes of at least 4 members (excludes halogenated alkanes) is 2. The molecular formula is C9H18O2. The van der Waals surface area contributed by atoms with Crippen molar-refractivity contribution in [3.8, 4) is 0 Å². The molecule has 0 heterocycles. The third-order valence-corrected chi connectivity index (χ3v) is 1.72. The highest BCUT2D eigenvalue weighted by Crippen LogP contribution is 2.05. The summed E-state index contributed by atoms with van der Waals surface area (Å²) in [5.41, 5.74) is 0. The zero-order valence-corrected chi connectivity index (χ0v) is 7.25. The predicted octanol–water partition coefficient (Wildman–Crippen LogP) is 1.74. The van der Waals surface area contributed by atoms with Crippen LogP contribution < -0.4 is 0 Å². The fourth-order valence-corrected chi connectivity index (χ4v) is 0.944. The van der Waals surface area contributed by atoms with Crippen LogP contribution in [-0.2, 0) is 4.74 Å². The molecule has 1 unspecified atom stereocenters. The van der Waals surface area contributed by atoms with Gasteiger partial charge in [0.2, 0.25) is 0 Å². The summed E-state index contributed by atoms with van der Waals surface area (Å²) in [7, 11) is 1.63. The van der Waals surface area contributed by atoms with E-state index in [2.05, 4.69) is 6.58 Å². The Bertz CT molecular complexity index is 87.6. The van der Waals surface area contributed by atoms with Crippen LogP contribution in [0.4, 0.5) is 0 Å². The van der Waals surface area contributed by atoms with Gasteiger partial charge in [-0.2, -0.15) is 0 Å². The molecule has 11 heavy (non-hydrogen) atoms. The van der Waals surface area contributed by atoms with Gasteiger partial charge in [-0.05, 0) is 19.3 Å². The molecule has 0 aliphatic carbocycles. The van der Waals surface area contributed by atoms with Gasteiger partial charge in [0, 0.05) is 7.11 Å². The van der Waals surface area contributed by atoms with Crippen molar-refractivity contribution in [2.24, 2.45) is 0 Å². The van der Waals surface area contributed by atoms with Gasteiger partial charge >= 0.3 is 0 Å². The molecule has 0 fully saturated rings. The Kier molecular flexibility index (Phi) is 7.52.